The van der Waals surface area contributed by atoms with E-state index in [1.54, 1.807) is 6.33 Å². The van der Waals surface area contributed by atoms with Crippen LogP contribution in [0.1, 0.15) is 32.2 Å². The summed E-state index contributed by atoms with van der Waals surface area (Å²) in [4.78, 5) is 24.0. The SMILES string of the molecule is Cc1ccsc1C(=O)N1CCc2ncnc(C)c2CC1. The fourth-order valence-electron chi connectivity index (χ4n) is 2.63. The summed E-state index contributed by atoms with van der Waals surface area (Å²) in [7, 11) is 0. The molecule has 0 aromatic carbocycles. The Morgan fingerprint density at radius 3 is 2.80 bits per heavy atom. The summed E-state index contributed by atoms with van der Waals surface area (Å²) in [6.45, 7) is 5.49. The number of aryl methyl sites for hydroxylation is 2. The summed E-state index contributed by atoms with van der Waals surface area (Å²) in [5, 5.41) is 1.98. The van der Waals surface area contributed by atoms with Crippen LogP contribution in [0.15, 0.2) is 17.8 Å². The van der Waals surface area contributed by atoms with E-state index in [0.29, 0.717) is 0 Å². The van der Waals surface area contributed by atoms with E-state index < -0.39 is 0 Å². The van der Waals surface area contributed by atoms with Crippen LogP contribution >= 0.6 is 11.3 Å². The first-order valence-electron chi connectivity index (χ1n) is 6.79. The van der Waals surface area contributed by atoms with Crippen LogP contribution in [-0.2, 0) is 12.8 Å². The van der Waals surface area contributed by atoms with Crippen molar-refractivity contribution in [2.45, 2.75) is 26.7 Å². The van der Waals surface area contributed by atoms with Crippen molar-refractivity contribution in [2.75, 3.05) is 13.1 Å². The average Bonchev–Trinajstić information content (AvgIpc) is 2.73. The minimum atomic E-state index is 0.149. The summed E-state index contributed by atoms with van der Waals surface area (Å²) >= 11 is 1.53. The predicted molar refractivity (Wildman–Crippen MR) is 79.1 cm³/mol. The Morgan fingerprint density at radius 2 is 2.05 bits per heavy atom. The van der Waals surface area contributed by atoms with Crippen LogP contribution in [0.25, 0.3) is 0 Å². The van der Waals surface area contributed by atoms with E-state index in [1.165, 1.54) is 16.9 Å². The maximum absolute atomic E-state index is 12.6. The Balaban J connectivity index is 1.82. The molecule has 1 amide bonds. The van der Waals surface area contributed by atoms with Gasteiger partial charge in [0.25, 0.3) is 5.91 Å². The number of hydrogen-bond donors (Lipinski definition) is 0. The van der Waals surface area contributed by atoms with E-state index in [-0.39, 0.29) is 5.91 Å². The van der Waals surface area contributed by atoms with Gasteiger partial charge in [-0.05, 0) is 42.8 Å². The second kappa shape index (κ2) is 5.32. The van der Waals surface area contributed by atoms with Gasteiger partial charge >= 0.3 is 0 Å². The van der Waals surface area contributed by atoms with Crippen molar-refractivity contribution in [3.63, 3.8) is 0 Å². The molecule has 20 heavy (non-hydrogen) atoms. The Morgan fingerprint density at radius 1 is 1.25 bits per heavy atom. The number of carbonyl (C=O) groups excluding carboxylic acids is 1. The van der Waals surface area contributed by atoms with Crippen molar-refractivity contribution in [3.05, 3.63) is 45.2 Å². The van der Waals surface area contributed by atoms with Crippen LogP contribution in [0.2, 0.25) is 0 Å². The van der Waals surface area contributed by atoms with E-state index in [1.807, 2.05) is 30.2 Å². The third-order valence-corrected chi connectivity index (χ3v) is 4.85. The highest BCUT2D eigenvalue weighted by Crippen LogP contribution is 2.21. The summed E-state index contributed by atoms with van der Waals surface area (Å²) in [5.74, 6) is 0.149. The normalized spacial score (nSPS) is 14.8. The Bertz CT molecular complexity index is 650. The molecule has 0 aliphatic carbocycles. The van der Waals surface area contributed by atoms with Gasteiger partial charge in [-0.2, -0.15) is 0 Å². The molecule has 0 bridgehead atoms. The molecule has 2 aromatic rings. The lowest BCUT2D eigenvalue weighted by atomic mass is 10.1. The van der Waals surface area contributed by atoms with Crippen molar-refractivity contribution in [3.8, 4) is 0 Å². The highest BCUT2D eigenvalue weighted by molar-refractivity contribution is 7.12. The molecular formula is C15H17N3OS. The van der Waals surface area contributed by atoms with Crippen LogP contribution < -0.4 is 0 Å². The van der Waals surface area contributed by atoms with Gasteiger partial charge in [0.1, 0.15) is 6.33 Å². The highest BCUT2D eigenvalue weighted by Gasteiger charge is 2.23. The van der Waals surface area contributed by atoms with E-state index >= 15 is 0 Å². The van der Waals surface area contributed by atoms with Crippen LogP contribution in [0.3, 0.4) is 0 Å². The van der Waals surface area contributed by atoms with Gasteiger partial charge in [-0.1, -0.05) is 0 Å². The lowest BCUT2D eigenvalue weighted by Gasteiger charge is -2.19. The van der Waals surface area contributed by atoms with Crippen LogP contribution in [0.4, 0.5) is 0 Å². The average molecular weight is 287 g/mol. The summed E-state index contributed by atoms with van der Waals surface area (Å²) in [5.41, 5.74) is 4.41. The summed E-state index contributed by atoms with van der Waals surface area (Å²) in [6.07, 6.45) is 3.28. The molecule has 0 fully saturated rings. The minimum absolute atomic E-state index is 0.149. The first kappa shape index (κ1) is 13.2. The molecule has 5 heteroatoms. The zero-order valence-electron chi connectivity index (χ0n) is 11.7. The third-order valence-electron chi connectivity index (χ3n) is 3.84. The number of thiophene rings is 1. The first-order chi connectivity index (χ1) is 9.66. The number of nitrogens with zero attached hydrogens (tertiary/aromatic N) is 3. The Labute approximate surface area is 122 Å². The molecule has 2 aromatic heterocycles. The molecule has 0 saturated heterocycles. The maximum atomic E-state index is 12.6. The van der Waals surface area contributed by atoms with Gasteiger partial charge in [0.2, 0.25) is 0 Å². The number of hydrogen-bond acceptors (Lipinski definition) is 4. The molecule has 3 rings (SSSR count). The maximum Gasteiger partial charge on any atom is 0.264 e. The molecule has 0 radical (unpaired) electrons. The molecule has 0 atom stereocenters. The van der Waals surface area contributed by atoms with Gasteiger partial charge in [0, 0.05) is 30.9 Å². The smallest absolute Gasteiger partial charge is 0.264 e. The Hall–Kier alpha value is -1.75. The third kappa shape index (κ3) is 2.33. The number of rotatable bonds is 1. The highest BCUT2D eigenvalue weighted by atomic mass is 32.1. The molecule has 0 spiro atoms. The van der Waals surface area contributed by atoms with Gasteiger partial charge in [-0.3, -0.25) is 4.79 Å². The Kier molecular flexibility index (Phi) is 3.53. The summed E-state index contributed by atoms with van der Waals surface area (Å²) in [6, 6.07) is 2.00. The molecule has 1 aliphatic heterocycles. The monoisotopic (exact) mass is 287 g/mol. The molecule has 3 heterocycles. The zero-order chi connectivity index (χ0) is 14.1. The van der Waals surface area contributed by atoms with Crippen molar-refractivity contribution in [2.24, 2.45) is 0 Å². The number of aromatic nitrogens is 2. The van der Waals surface area contributed by atoms with Gasteiger partial charge in [0.15, 0.2) is 0 Å². The number of carbonyl (C=O) groups is 1. The molecule has 0 unspecified atom stereocenters. The second-order valence-electron chi connectivity index (χ2n) is 5.11. The largest absolute Gasteiger partial charge is 0.337 e. The molecular weight excluding hydrogens is 270 g/mol. The molecule has 0 N–H and O–H groups in total. The van der Waals surface area contributed by atoms with Crippen molar-refractivity contribution in [1.29, 1.82) is 0 Å². The lowest BCUT2D eigenvalue weighted by Crippen LogP contribution is -2.33. The lowest BCUT2D eigenvalue weighted by molar-refractivity contribution is 0.0767. The zero-order valence-corrected chi connectivity index (χ0v) is 12.5. The molecule has 1 aliphatic rings. The van der Waals surface area contributed by atoms with Gasteiger partial charge in [0.05, 0.1) is 4.88 Å². The number of fused-ring (bicyclic) bond motifs is 1. The van der Waals surface area contributed by atoms with Gasteiger partial charge < -0.3 is 4.90 Å². The predicted octanol–water partition coefficient (Wildman–Crippen LogP) is 2.40. The van der Waals surface area contributed by atoms with Gasteiger partial charge in [-0.25, -0.2) is 9.97 Å². The topological polar surface area (TPSA) is 46.1 Å². The molecule has 4 nitrogen and oxygen atoms in total. The quantitative estimate of drug-likeness (QED) is 0.809. The van der Waals surface area contributed by atoms with E-state index in [0.717, 1.165) is 47.8 Å². The summed E-state index contributed by atoms with van der Waals surface area (Å²) < 4.78 is 0. The van der Waals surface area contributed by atoms with Crippen molar-refractivity contribution >= 4 is 17.2 Å². The van der Waals surface area contributed by atoms with Gasteiger partial charge in [-0.15, -0.1) is 11.3 Å². The minimum Gasteiger partial charge on any atom is -0.337 e. The van der Waals surface area contributed by atoms with E-state index in [4.69, 9.17) is 0 Å². The standard InChI is InChI=1S/C15H17N3OS/c1-10-5-8-20-14(10)15(19)18-6-3-12-11(2)16-9-17-13(12)4-7-18/h5,8-9H,3-4,6-7H2,1-2H3. The van der Waals surface area contributed by atoms with Crippen LogP contribution in [-0.4, -0.2) is 33.9 Å². The number of amides is 1. The van der Waals surface area contributed by atoms with Crippen LogP contribution in [0, 0.1) is 13.8 Å². The first-order valence-corrected chi connectivity index (χ1v) is 7.67. The second-order valence-corrected chi connectivity index (χ2v) is 6.03. The van der Waals surface area contributed by atoms with E-state index in [2.05, 4.69) is 9.97 Å². The van der Waals surface area contributed by atoms with Crippen molar-refractivity contribution < 1.29 is 4.79 Å². The van der Waals surface area contributed by atoms with Crippen LogP contribution in [0.5, 0.6) is 0 Å². The van der Waals surface area contributed by atoms with E-state index in [9.17, 15) is 4.79 Å². The molecule has 104 valence electrons. The molecule has 0 saturated carbocycles. The fourth-order valence-corrected chi connectivity index (χ4v) is 3.52. The van der Waals surface area contributed by atoms with Crippen molar-refractivity contribution in [1.82, 2.24) is 14.9 Å². The fraction of sp³-hybridized carbons (Fsp3) is 0.400.